The Kier molecular flexibility index (Phi) is 7.51. The molecule has 0 aliphatic carbocycles. The molecule has 2 aliphatic heterocycles. The van der Waals surface area contributed by atoms with E-state index in [9.17, 15) is 9.59 Å². The Morgan fingerprint density at radius 1 is 0.972 bits per heavy atom. The van der Waals surface area contributed by atoms with E-state index in [0.717, 1.165) is 51.1 Å². The van der Waals surface area contributed by atoms with Crippen LogP contribution in [0.1, 0.15) is 24.8 Å². The zero-order valence-electron chi connectivity index (χ0n) is 20.9. The van der Waals surface area contributed by atoms with E-state index >= 15 is 0 Å². The largest absolute Gasteiger partial charge is 0.478 e. The number of benzene rings is 2. The Balaban J connectivity index is 1.07. The lowest BCUT2D eigenvalue weighted by Crippen LogP contribution is -2.46. The van der Waals surface area contributed by atoms with Crippen LogP contribution < -0.4 is 14.5 Å². The standard InChI is InChI=1S/C28H32BN4O3/c1-29-28(35)33-26(34)14-12-22-11-13-25(30-27(22)33)36-20-5-4-15-31-16-18-32(19-17-31)24-10-6-8-21-7-2-3-9-23(21)24/h2-3,6-11,13H,4-5,12,14-20H2,1H3. The van der Waals surface area contributed by atoms with E-state index in [1.807, 2.05) is 12.1 Å². The number of anilines is 2. The van der Waals surface area contributed by atoms with Gasteiger partial charge in [-0.25, -0.2) is 4.90 Å². The number of pyridine rings is 1. The molecule has 7 nitrogen and oxygen atoms in total. The van der Waals surface area contributed by atoms with Crippen molar-refractivity contribution in [2.75, 3.05) is 49.1 Å². The summed E-state index contributed by atoms with van der Waals surface area (Å²) in [4.78, 5) is 35.2. The molecule has 2 amide bonds. The van der Waals surface area contributed by atoms with Crippen LogP contribution in [0, 0.1) is 0 Å². The maximum absolute atomic E-state index is 12.3. The number of hydrogen-bond acceptors (Lipinski definition) is 6. The van der Waals surface area contributed by atoms with Crippen LogP contribution in [0.15, 0.2) is 54.6 Å². The number of aromatic nitrogens is 1. The number of fused-ring (bicyclic) bond motifs is 2. The number of unbranched alkanes of at least 4 members (excludes halogenated alkanes) is 1. The Morgan fingerprint density at radius 2 is 1.78 bits per heavy atom. The quantitative estimate of drug-likeness (QED) is 0.350. The fourth-order valence-corrected chi connectivity index (χ4v) is 5.07. The first kappa shape index (κ1) is 24.3. The van der Waals surface area contributed by atoms with Crippen LogP contribution in [0.5, 0.6) is 5.88 Å². The molecule has 8 heteroatoms. The van der Waals surface area contributed by atoms with Gasteiger partial charge in [-0.15, -0.1) is 0 Å². The van der Waals surface area contributed by atoms with Crippen molar-refractivity contribution in [3.63, 3.8) is 0 Å². The molecule has 0 N–H and O–H groups in total. The van der Waals surface area contributed by atoms with Gasteiger partial charge in [0, 0.05) is 49.7 Å². The van der Waals surface area contributed by atoms with Crippen LogP contribution in [-0.4, -0.2) is 68.2 Å². The van der Waals surface area contributed by atoms with Crippen molar-refractivity contribution in [3.05, 3.63) is 60.2 Å². The lowest BCUT2D eigenvalue weighted by atomic mass is 9.80. The molecule has 5 rings (SSSR count). The maximum atomic E-state index is 12.3. The van der Waals surface area contributed by atoms with E-state index in [4.69, 9.17) is 4.74 Å². The van der Waals surface area contributed by atoms with Crippen molar-refractivity contribution < 1.29 is 14.3 Å². The van der Waals surface area contributed by atoms with Crippen LogP contribution in [-0.2, 0) is 11.2 Å². The van der Waals surface area contributed by atoms with E-state index in [2.05, 4.69) is 57.2 Å². The normalized spacial score (nSPS) is 16.2. The van der Waals surface area contributed by atoms with Crippen LogP contribution in [0.25, 0.3) is 10.8 Å². The number of nitrogens with zero attached hydrogens (tertiary/aromatic N) is 4. The van der Waals surface area contributed by atoms with Gasteiger partial charge in [0.2, 0.25) is 19.1 Å². The Bertz CT molecular complexity index is 1240. The number of hydrogen-bond donors (Lipinski definition) is 0. The third-order valence-corrected chi connectivity index (χ3v) is 7.07. The summed E-state index contributed by atoms with van der Waals surface area (Å²) in [5, 5.41) is 2.62. The average molecular weight is 483 g/mol. The minimum Gasteiger partial charge on any atom is -0.478 e. The molecule has 1 aromatic heterocycles. The van der Waals surface area contributed by atoms with Crippen LogP contribution in [0.3, 0.4) is 0 Å². The van der Waals surface area contributed by atoms with Gasteiger partial charge in [0.25, 0.3) is 0 Å². The van der Waals surface area contributed by atoms with Gasteiger partial charge in [0.15, 0.2) is 5.81 Å². The van der Waals surface area contributed by atoms with Gasteiger partial charge in [0.05, 0.1) is 6.61 Å². The topological polar surface area (TPSA) is 66.0 Å². The SMILES string of the molecule is C[B]C(=O)N1C(=O)CCc2ccc(OCCCCN3CCN(c4cccc5ccccc45)CC3)nc21. The fraction of sp³-hybridized carbons (Fsp3) is 0.393. The van der Waals surface area contributed by atoms with Crippen molar-refractivity contribution >= 4 is 41.3 Å². The summed E-state index contributed by atoms with van der Waals surface area (Å²) in [7, 11) is 1.39. The van der Waals surface area contributed by atoms with E-state index in [0.29, 0.717) is 31.1 Å². The summed E-state index contributed by atoms with van der Waals surface area (Å²) < 4.78 is 5.88. The number of piperazine rings is 1. The molecular weight excluding hydrogens is 451 g/mol. The molecule has 0 bridgehead atoms. The Hall–Kier alpha value is -3.39. The van der Waals surface area contributed by atoms with E-state index in [1.54, 1.807) is 6.82 Å². The van der Waals surface area contributed by atoms with Gasteiger partial charge >= 0.3 is 0 Å². The highest BCUT2D eigenvalue weighted by Crippen LogP contribution is 2.29. The van der Waals surface area contributed by atoms with Crippen molar-refractivity contribution in [1.82, 2.24) is 9.88 Å². The third-order valence-electron chi connectivity index (χ3n) is 7.07. The predicted molar refractivity (Wildman–Crippen MR) is 144 cm³/mol. The van der Waals surface area contributed by atoms with Crippen molar-refractivity contribution in [2.45, 2.75) is 32.5 Å². The highest BCUT2D eigenvalue weighted by molar-refractivity contribution is 6.76. The summed E-state index contributed by atoms with van der Waals surface area (Å²) in [6, 6.07) is 18.9. The molecule has 0 spiro atoms. The number of rotatable bonds is 8. The fourth-order valence-electron chi connectivity index (χ4n) is 5.07. The smallest absolute Gasteiger partial charge is 0.234 e. The van der Waals surface area contributed by atoms with Crippen LogP contribution in [0.2, 0.25) is 6.82 Å². The second-order valence-electron chi connectivity index (χ2n) is 9.37. The van der Waals surface area contributed by atoms with E-state index < -0.39 is 0 Å². The third kappa shape index (κ3) is 5.24. The zero-order chi connectivity index (χ0) is 24.9. The molecule has 0 saturated carbocycles. The van der Waals surface area contributed by atoms with Crippen LogP contribution in [0.4, 0.5) is 16.3 Å². The second kappa shape index (κ2) is 11.1. The molecule has 1 saturated heterocycles. The second-order valence-corrected chi connectivity index (χ2v) is 9.37. The van der Waals surface area contributed by atoms with Crippen molar-refractivity contribution in [2.24, 2.45) is 0 Å². The minimum atomic E-state index is -0.342. The molecule has 2 aliphatic rings. The van der Waals surface area contributed by atoms with Crippen LogP contribution >= 0.6 is 0 Å². The molecule has 3 aromatic rings. The predicted octanol–water partition coefficient (Wildman–Crippen LogP) is 4.37. The van der Waals surface area contributed by atoms with Gasteiger partial charge in [-0.2, -0.15) is 4.98 Å². The minimum absolute atomic E-state index is 0.212. The lowest BCUT2D eigenvalue weighted by Gasteiger charge is -2.36. The molecule has 2 aromatic carbocycles. The Morgan fingerprint density at radius 3 is 2.61 bits per heavy atom. The number of ether oxygens (including phenoxy) is 1. The maximum Gasteiger partial charge on any atom is 0.234 e. The molecular formula is C28H32BN4O3. The highest BCUT2D eigenvalue weighted by Gasteiger charge is 2.30. The molecule has 0 unspecified atom stereocenters. The summed E-state index contributed by atoms with van der Waals surface area (Å²) in [6.07, 6.45) is 2.90. The monoisotopic (exact) mass is 483 g/mol. The number of carbonyl (C=O) groups excluding carboxylic acids is 2. The molecule has 0 atom stereocenters. The lowest BCUT2D eigenvalue weighted by molar-refractivity contribution is -0.118. The summed E-state index contributed by atoms with van der Waals surface area (Å²) in [5.74, 6) is 0.318. The average Bonchev–Trinajstić information content (AvgIpc) is 2.92. The van der Waals surface area contributed by atoms with Gasteiger partial charge in [-0.3, -0.25) is 14.5 Å². The molecule has 36 heavy (non-hydrogen) atoms. The Labute approximate surface area is 213 Å². The zero-order valence-corrected chi connectivity index (χ0v) is 20.9. The molecule has 1 fully saturated rings. The summed E-state index contributed by atoms with van der Waals surface area (Å²) in [5.41, 5.74) is 2.23. The first-order valence-corrected chi connectivity index (χ1v) is 12.9. The number of imide groups is 1. The number of amides is 2. The van der Waals surface area contributed by atoms with Gasteiger partial charge in [0.1, 0.15) is 5.82 Å². The summed E-state index contributed by atoms with van der Waals surface area (Å²) >= 11 is 0. The summed E-state index contributed by atoms with van der Waals surface area (Å²) in [6.45, 7) is 7.43. The molecule has 185 valence electrons. The highest BCUT2D eigenvalue weighted by atomic mass is 16.5. The van der Waals surface area contributed by atoms with Crippen molar-refractivity contribution in [3.8, 4) is 5.88 Å². The molecule has 3 heterocycles. The van der Waals surface area contributed by atoms with Gasteiger partial charge < -0.3 is 9.64 Å². The van der Waals surface area contributed by atoms with Gasteiger partial charge in [-0.05, 0) is 48.9 Å². The number of aryl methyl sites for hydroxylation is 1. The van der Waals surface area contributed by atoms with E-state index in [-0.39, 0.29) is 11.7 Å². The van der Waals surface area contributed by atoms with Crippen molar-refractivity contribution in [1.29, 1.82) is 0 Å². The van der Waals surface area contributed by atoms with E-state index in [1.165, 1.54) is 28.6 Å². The molecule has 1 radical (unpaired) electrons. The first-order chi connectivity index (χ1) is 17.6. The van der Waals surface area contributed by atoms with Gasteiger partial charge in [-0.1, -0.05) is 43.2 Å². The first-order valence-electron chi connectivity index (χ1n) is 12.9. The number of carbonyl (C=O) groups is 2.